The molecule has 3 rings (SSSR count). The van der Waals surface area contributed by atoms with Crippen LogP contribution in [0.15, 0.2) is 24.3 Å². The highest BCUT2D eigenvalue weighted by atomic mass is 16.5. The van der Waals surface area contributed by atoms with Gasteiger partial charge in [0, 0.05) is 18.6 Å². The summed E-state index contributed by atoms with van der Waals surface area (Å²) in [5.41, 5.74) is 1.67. The maximum absolute atomic E-state index is 11.8. The SMILES string of the molecule is COC(=O)c1ccccc1CN1C2CCC1CC(O)C2. The Labute approximate surface area is 119 Å². The molecular weight excluding hydrogens is 254 g/mol. The number of aliphatic hydroxyl groups excluding tert-OH is 1. The van der Waals surface area contributed by atoms with Gasteiger partial charge in [0.2, 0.25) is 0 Å². The van der Waals surface area contributed by atoms with E-state index in [1.807, 2.05) is 24.3 Å². The van der Waals surface area contributed by atoms with Crippen molar-refractivity contribution in [3.8, 4) is 0 Å². The fraction of sp³-hybridized carbons (Fsp3) is 0.562. The zero-order chi connectivity index (χ0) is 14.1. The number of nitrogens with zero attached hydrogens (tertiary/aromatic N) is 1. The van der Waals surface area contributed by atoms with Gasteiger partial charge in [-0.3, -0.25) is 4.90 Å². The van der Waals surface area contributed by atoms with E-state index in [1.165, 1.54) is 7.11 Å². The zero-order valence-electron chi connectivity index (χ0n) is 11.8. The van der Waals surface area contributed by atoms with Gasteiger partial charge in [0.05, 0.1) is 18.8 Å². The molecule has 2 aliphatic rings. The molecule has 0 spiro atoms. The molecule has 4 nitrogen and oxygen atoms in total. The average molecular weight is 275 g/mol. The minimum absolute atomic E-state index is 0.153. The number of rotatable bonds is 3. The molecule has 1 N–H and O–H groups in total. The van der Waals surface area contributed by atoms with E-state index in [0.717, 1.165) is 37.8 Å². The van der Waals surface area contributed by atoms with Crippen LogP contribution < -0.4 is 0 Å². The summed E-state index contributed by atoms with van der Waals surface area (Å²) >= 11 is 0. The van der Waals surface area contributed by atoms with Gasteiger partial charge < -0.3 is 9.84 Å². The molecule has 4 heteroatoms. The molecule has 2 atom stereocenters. The molecule has 0 aromatic heterocycles. The summed E-state index contributed by atoms with van der Waals surface area (Å²) in [6.45, 7) is 0.771. The third-order valence-electron chi connectivity index (χ3n) is 4.64. The van der Waals surface area contributed by atoms with Crippen molar-refractivity contribution in [2.24, 2.45) is 0 Å². The lowest BCUT2D eigenvalue weighted by Crippen LogP contribution is -2.44. The lowest BCUT2D eigenvalue weighted by Gasteiger charge is -2.37. The highest BCUT2D eigenvalue weighted by Gasteiger charge is 2.40. The second-order valence-corrected chi connectivity index (χ2v) is 5.83. The van der Waals surface area contributed by atoms with Gasteiger partial charge in [-0.1, -0.05) is 18.2 Å². The van der Waals surface area contributed by atoms with Crippen LogP contribution in [0, 0.1) is 0 Å². The summed E-state index contributed by atoms with van der Waals surface area (Å²) in [7, 11) is 1.42. The van der Waals surface area contributed by atoms with Crippen LogP contribution >= 0.6 is 0 Å². The summed E-state index contributed by atoms with van der Waals surface area (Å²) in [5, 5.41) is 9.85. The summed E-state index contributed by atoms with van der Waals surface area (Å²) in [4.78, 5) is 14.3. The molecule has 1 aromatic rings. The molecule has 2 aliphatic heterocycles. The highest BCUT2D eigenvalue weighted by Crippen LogP contribution is 2.37. The number of carbonyl (C=O) groups excluding carboxylic acids is 1. The van der Waals surface area contributed by atoms with E-state index in [-0.39, 0.29) is 12.1 Å². The third-order valence-corrected chi connectivity index (χ3v) is 4.64. The van der Waals surface area contributed by atoms with Crippen molar-refractivity contribution in [1.29, 1.82) is 0 Å². The van der Waals surface area contributed by atoms with Gasteiger partial charge >= 0.3 is 5.97 Å². The second-order valence-electron chi connectivity index (χ2n) is 5.83. The number of carbonyl (C=O) groups is 1. The monoisotopic (exact) mass is 275 g/mol. The largest absolute Gasteiger partial charge is 0.465 e. The molecule has 20 heavy (non-hydrogen) atoms. The molecule has 0 radical (unpaired) electrons. The Bertz CT molecular complexity index is 488. The molecule has 2 bridgehead atoms. The van der Waals surface area contributed by atoms with E-state index in [9.17, 15) is 9.90 Å². The number of aliphatic hydroxyl groups is 1. The van der Waals surface area contributed by atoms with Gasteiger partial charge in [0.25, 0.3) is 0 Å². The predicted molar refractivity (Wildman–Crippen MR) is 75.4 cm³/mol. The van der Waals surface area contributed by atoms with E-state index >= 15 is 0 Å². The van der Waals surface area contributed by atoms with Crippen molar-refractivity contribution < 1.29 is 14.6 Å². The maximum atomic E-state index is 11.8. The minimum Gasteiger partial charge on any atom is -0.465 e. The number of methoxy groups -OCH3 is 1. The Morgan fingerprint density at radius 3 is 2.60 bits per heavy atom. The van der Waals surface area contributed by atoms with E-state index in [0.29, 0.717) is 17.6 Å². The van der Waals surface area contributed by atoms with E-state index in [1.54, 1.807) is 0 Å². The minimum atomic E-state index is -0.273. The Balaban J connectivity index is 1.80. The van der Waals surface area contributed by atoms with Gasteiger partial charge in [-0.15, -0.1) is 0 Å². The standard InChI is InChI=1S/C16H21NO3/c1-20-16(19)15-5-3-2-4-11(15)10-17-12-6-7-13(17)9-14(18)8-12/h2-5,12-14,18H,6-10H2,1H3. The van der Waals surface area contributed by atoms with Gasteiger partial charge in [-0.2, -0.15) is 0 Å². The molecule has 2 unspecified atom stereocenters. The molecule has 108 valence electrons. The van der Waals surface area contributed by atoms with Crippen LogP contribution in [0.1, 0.15) is 41.6 Å². The quantitative estimate of drug-likeness (QED) is 0.857. The number of ether oxygens (including phenoxy) is 1. The Hall–Kier alpha value is -1.39. The molecule has 0 amide bonds. The first-order chi connectivity index (χ1) is 9.69. The molecule has 2 saturated heterocycles. The number of fused-ring (bicyclic) bond motifs is 2. The van der Waals surface area contributed by atoms with Gasteiger partial charge in [-0.25, -0.2) is 4.79 Å². The van der Waals surface area contributed by atoms with Crippen LogP contribution in [0.2, 0.25) is 0 Å². The molecule has 0 saturated carbocycles. The number of benzene rings is 1. The lowest BCUT2D eigenvalue weighted by molar-refractivity contribution is 0.0304. The summed E-state index contributed by atoms with van der Waals surface area (Å²) in [5.74, 6) is -0.273. The van der Waals surface area contributed by atoms with Crippen molar-refractivity contribution in [3.63, 3.8) is 0 Å². The van der Waals surface area contributed by atoms with Crippen LogP contribution in [0.25, 0.3) is 0 Å². The van der Waals surface area contributed by atoms with Gasteiger partial charge in [0.15, 0.2) is 0 Å². The number of piperidine rings is 1. The Morgan fingerprint density at radius 1 is 1.30 bits per heavy atom. The highest BCUT2D eigenvalue weighted by molar-refractivity contribution is 5.90. The number of esters is 1. The first-order valence-electron chi connectivity index (χ1n) is 7.29. The number of hydrogen-bond donors (Lipinski definition) is 1. The molecule has 1 aromatic carbocycles. The van der Waals surface area contributed by atoms with Crippen molar-refractivity contribution in [2.75, 3.05) is 7.11 Å². The van der Waals surface area contributed by atoms with E-state index in [2.05, 4.69) is 4.90 Å². The smallest absolute Gasteiger partial charge is 0.338 e. The normalized spacial score (nSPS) is 29.4. The molecule has 2 fully saturated rings. The fourth-order valence-corrected chi connectivity index (χ4v) is 3.67. The van der Waals surface area contributed by atoms with E-state index < -0.39 is 0 Å². The van der Waals surface area contributed by atoms with E-state index in [4.69, 9.17) is 4.74 Å². The van der Waals surface area contributed by atoms with Gasteiger partial charge in [0.1, 0.15) is 0 Å². The Kier molecular flexibility index (Phi) is 3.76. The van der Waals surface area contributed by atoms with Crippen molar-refractivity contribution >= 4 is 5.97 Å². The average Bonchev–Trinajstić information content (AvgIpc) is 2.70. The lowest BCUT2D eigenvalue weighted by atomic mass is 9.98. The zero-order valence-corrected chi connectivity index (χ0v) is 11.8. The van der Waals surface area contributed by atoms with Crippen molar-refractivity contribution in [1.82, 2.24) is 4.90 Å². The van der Waals surface area contributed by atoms with Crippen LogP contribution in [-0.4, -0.2) is 41.3 Å². The van der Waals surface area contributed by atoms with Crippen LogP contribution in [0.5, 0.6) is 0 Å². The number of hydrogen-bond acceptors (Lipinski definition) is 4. The fourth-order valence-electron chi connectivity index (χ4n) is 3.67. The first kappa shape index (κ1) is 13.6. The maximum Gasteiger partial charge on any atom is 0.338 e. The second kappa shape index (κ2) is 5.54. The molecule has 0 aliphatic carbocycles. The van der Waals surface area contributed by atoms with Crippen molar-refractivity contribution in [2.45, 2.75) is 50.4 Å². The Morgan fingerprint density at radius 2 is 1.95 bits per heavy atom. The summed E-state index contributed by atoms with van der Waals surface area (Å²) in [6, 6.07) is 8.55. The third kappa shape index (κ3) is 2.45. The predicted octanol–water partition coefficient (Wildman–Crippen LogP) is 1.96. The van der Waals surface area contributed by atoms with Crippen LogP contribution in [-0.2, 0) is 11.3 Å². The summed E-state index contributed by atoms with van der Waals surface area (Å²) < 4.78 is 4.85. The summed E-state index contributed by atoms with van der Waals surface area (Å²) in [6.07, 6.45) is 3.87. The first-order valence-corrected chi connectivity index (χ1v) is 7.29. The topological polar surface area (TPSA) is 49.8 Å². The van der Waals surface area contributed by atoms with Crippen molar-refractivity contribution in [3.05, 3.63) is 35.4 Å². The molecular formula is C16H21NO3. The van der Waals surface area contributed by atoms with Crippen LogP contribution in [0.4, 0.5) is 0 Å². The molecule has 2 heterocycles. The van der Waals surface area contributed by atoms with Crippen LogP contribution in [0.3, 0.4) is 0 Å². The van der Waals surface area contributed by atoms with Gasteiger partial charge in [-0.05, 0) is 37.3 Å².